The highest BCUT2D eigenvalue weighted by atomic mass is 35.5. The first-order valence-corrected chi connectivity index (χ1v) is 8.50. The molecule has 1 saturated carbocycles. The minimum atomic E-state index is 0. The van der Waals surface area contributed by atoms with Gasteiger partial charge >= 0.3 is 4.87 Å². The van der Waals surface area contributed by atoms with E-state index >= 15 is 0 Å². The van der Waals surface area contributed by atoms with E-state index in [2.05, 4.69) is 5.32 Å². The summed E-state index contributed by atoms with van der Waals surface area (Å²) in [5.41, 5.74) is 6.75. The Morgan fingerprint density at radius 3 is 2.64 bits per heavy atom. The van der Waals surface area contributed by atoms with E-state index < -0.39 is 0 Å². The molecule has 0 radical (unpaired) electrons. The van der Waals surface area contributed by atoms with Gasteiger partial charge in [0.15, 0.2) is 0 Å². The lowest BCUT2D eigenvalue weighted by Gasteiger charge is -2.31. The lowest BCUT2D eigenvalue weighted by atomic mass is 9.84. The Balaban J connectivity index is 0.00000242. The molecule has 0 spiro atoms. The summed E-state index contributed by atoms with van der Waals surface area (Å²) in [6, 6.07) is 0.207. The fraction of sp³-hybridized carbons (Fsp3) is 0.733. The number of aryl methyl sites for hydroxylation is 1. The maximum absolute atomic E-state index is 12.1. The third-order valence-corrected chi connectivity index (χ3v) is 5.49. The van der Waals surface area contributed by atoms with Crippen molar-refractivity contribution in [1.29, 1.82) is 0 Å². The largest absolute Gasteiger partial charge is 0.353 e. The van der Waals surface area contributed by atoms with Gasteiger partial charge in [-0.3, -0.25) is 9.59 Å². The number of nitrogens with two attached hydrogens (primary N) is 1. The molecule has 126 valence electrons. The molecule has 1 fully saturated rings. The SMILES string of the molecule is Cc1sc(=O)n(CCC(=O)NC2CCCCC2CN)c1C.Cl. The Kier molecular flexibility index (Phi) is 7.59. The van der Waals surface area contributed by atoms with Crippen LogP contribution in [-0.2, 0) is 11.3 Å². The van der Waals surface area contributed by atoms with Crippen molar-refractivity contribution in [1.82, 2.24) is 9.88 Å². The Labute approximate surface area is 141 Å². The van der Waals surface area contributed by atoms with Crippen molar-refractivity contribution < 1.29 is 4.79 Å². The summed E-state index contributed by atoms with van der Waals surface area (Å²) >= 11 is 1.25. The van der Waals surface area contributed by atoms with Crippen molar-refractivity contribution in [3.8, 4) is 0 Å². The molecule has 2 unspecified atom stereocenters. The van der Waals surface area contributed by atoms with Gasteiger partial charge in [0.05, 0.1) is 0 Å². The maximum Gasteiger partial charge on any atom is 0.307 e. The van der Waals surface area contributed by atoms with Crippen LogP contribution in [0.2, 0.25) is 0 Å². The van der Waals surface area contributed by atoms with Crippen LogP contribution in [-0.4, -0.2) is 23.1 Å². The van der Waals surface area contributed by atoms with E-state index in [-0.39, 0.29) is 29.2 Å². The van der Waals surface area contributed by atoms with Crippen LogP contribution in [0.4, 0.5) is 0 Å². The predicted molar refractivity (Wildman–Crippen MR) is 92.9 cm³/mol. The quantitative estimate of drug-likeness (QED) is 0.854. The van der Waals surface area contributed by atoms with Crippen LogP contribution in [0.15, 0.2) is 4.79 Å². The molecule has 2 rings (SSSR count). The fourth-order valence-corrected chi connectivity index (χ4v) is 3.88. The summed E-state index contributed by atoms with van der Waals surface area (Å²) in [4.78, 5) is 25.0. The van der Waals surface area contributed by atoms with Gasteiger partial charge in [0, 0.05) is 29.6 Å². The molecule has 22 heavy (non-hydrogen) atoms. The molecular formula is C15H26ClN3O2S. The highest BCUT2D eigenvalue weighted by Crippen LogP contribution is 2.23. The third-order valence-electron chi connectivity index (χ3n) is 4.50. The number of carbonyl (C=O) groups excluding carboxylic acids is 1. The summed E-state index contributed by atoms with van der Waals surface area (Å²) in [6.45, 7) is 4.96. The lowest BCUT2D eigenvalue weighted by molar-refractivity contribution is -0.122. The first-order valence-electron chi connectivity index (χ1n) is 7.69. The van der Waals surface area contributed by atoms with E-state index in [1.807, 2.05) is 13.8 Å². The van der Waals surface area contributed by atoms with Crippen LogP contribution in [0.5, 0.6) is 0 Å². The van der Waals surface area contributed by atoms with E-state index in [0.717, 1.165) is 29.8 Å². The smallest absolute Gasteiger partial charge is 0.307 e. The molecule has 0 aromatic carbocycles. The number of nitrogens with one attached hydrogen (secondary N) is 1. The molecule has 1 aliphatic rings. The molecule has 3 N–H and O–H groups in total. The maximum atomic E-state index is 12.1. The van der Waals surface area contributed by atoms with Gasteiger partial charge in [0.2, 0.25) is 5.91 Å². The van der Waals surface area contributed by atoms with Crippen LogP contribution < -0.4 is 15.9 Å². The Morgan fingerprint density at radius 2 is 2.05 bits per heavy atom. The second kappa shape index (κ2) is 8.70. The van der Waals surface area contributed by atoms with Crippen LogP contribution in [0.1, 0.15) is 42.7 Å². The fourth-order valence-electron chi connectivity index (χ4n) is 3.02. The van der Waals surface area contributed by atoms with E-state index in [1.54, 1.807) is 4.57 Å². The first-order chi connectivity index (χ1) is 10.0. The summed E-state index contributed by atoms with van der Waals surface area (Å²) in [5.74, 6) is 0.422. The van der Waals surface area contributed by atoms with Gasteiger partial charge in [-0.25, -0.2) is 0 Å². The molecular weight excluding hydrogens is 322 g/mol. The number of amides is 1. The molecule has 0 aliphatic heterocycles. The molecule has 0 saturated heterocycles. The van der Waals surface area contributed by atoms with Crippen LogP contribution in [0.25, 0.3) is 0 Å². The minimum absolute atomic E-state index is 0. The number of rotatable bonds is 5. The van der Waals surface area contributed by atoms with Gasteiger partial charge in [-0.05, 0) is 39.2 Å². The standard InChI is InChI=1S/C15H25N3O2S.ClH/c1-10-11(2)21-15(20)18(10)8-7-14(19)17-13-6-4-3-5-12(13)9-16;/h12-13H,3-9,16H2,1-2H3,(H,17,19);1H. The summed E-state index contributed by atoms with van der Waals surface area (Å²) in [5, 5.41) is 3.10. The number of hydrogen-bond donors (Lipinski definition) is 2. The van der Waals surface area contributed by atoms with Gasteiger partial charge in [-0.2, -0.15) is 0 Å². The second-order valence-electron chi connectivity index (χ2n) is 5.87. The number of carbonyl (C=O) groups is 1. The molecule has 7 heteroatoms. The Bertz CT molecular complexity index is 555. The van der Waals surface area contributed by atoms with Crippen LogP contribution in [0.3, 0.4) is 0 Å². The minimum Gasteiger partial charge on any atom is -0.353 e. The van der Waals surface area contributed by atoms with Crippen LogP contribution in [0, 0.1) is 19.8 Å². The van der Waals surface area contributed by atoms with Crippen molar-refractivity contribution in [2.45, 2.75) is 58.5 Å². The zero-order chi connectivity index (χ0) is 15.4. The summed E-state index contributed by atoms with van der Waals surface area (Å²) in [6.07, 6.45) is 4.83. The van der Waals surface area contributed by atoms with E-state index in [9.17, 15) is 9.59 Å². The van der Waals surface area contributed by atoms with E-state index in [4.69, 9.17) is 5.73 Å². The summed E-state index contributed by atoms with van der Waals surface area (Å²) < 4.78 is 1.70. The van der Waals surface area contributed by atoms with Gasteiger partial charge in [-0.15, -0.1) is 12.4 Å². The molecule has 1 aromatic rings. The van der Waals surface area contributed by atoms with E-state index in [1.165, 1.54) is 17.8 Å². The second-order valence-corrected chi connectivity index (χ2v) is 7.03. The molecule has 1 amide bonds. The first kappa shape index (κ1) is 19.2. The van der Waals surface area contributed by atoms with Gasteiger partial charge in [-0.1, -0.05) is 24.2 Å². The van der Waals surface area contributed by atoms with E-state index in [0.29, 0.717) is 25.4 Å². The number of thiazole rings is 1. The third kappa shape index (κ3) is 4.57. The average molecular weight is 348 g/mol. The molecule has 0 bridgehead atoms. The van der Waals surface area contributed by atoms with Crippen molar-refractivity contribution in [3.05, 3.63) is 20.2 Å². The molecule has 1 aliphatic carbocycles. The molecule has 5 nitrogen and oxygen atoms in total. The van der Waals surface area contributed by atoms with Crippen LogP contribution >= 0.6 is 23.7 Å². The lowest BCUT2D eigenvalue weighted by Crippen LogP contribution is -2.45. The van der Waals surface area contributed by atoms with Gasteiger partial charge in [0.25, 0.3) is 0 Å². The predicted octanol–water partition coefficient (Wildman–Crippen LogP) is 1.97. The normalized spacial score (nSPS) is 21.2. The van der Waals surface area contributed by atoms with Crippen molar-refractivity contribution in [2.24, 2.45) is 11.7 Å². The molecule has 1 heterocycles. The number of nitrogens with zero attached hydrogens (tertiary/aromatic N) is 1. The zero-order valence-corrected chi connectivity index (χ0v) is 14.9. The van der Waals surface area contributed by atoms with Gasteiger partial charge < -0.3 is 15.6 Å². The topological polar surface area (TPSA) is 77.1 Å². The highest BCUT2D eigenvalue weighted by Gasteiger charge is 2.25. The van der Waals surface area contributed by atoms with Gasteiger partial charge in [0.1, 0.15) is 0 Å². The Morgan fingerprint density at radius 1 is 1.36 bits per heavy atom. The number of hydrogen-bond acceptors (Lipinski definition) is 4. The summed E-state index contributed by atoms with van der Waals surface area (Å²) in [7, 11) is 0. The number of halogens is 1. The van der Waals surface area contributed by atoms with Crippen molar-refractivity contribution >= 4 is 29.7 Å². The molecule has 1 aromatic heterocycles. The van der Waals surface area contributed by atoms with Crippen molar-refractivity contribution in [2.75, 3.05) is 6.54 Å². The average Bonchev–Trinajstić information content (AvgIpc) is 2.71. The zero-order valence-electron chi connectivity index (χ0n) is 13.3. The van der Waals surface area contributed by atoms with Crippen molar-refractivity contribution in [3.63, 3.8) is 0 Å². The monoisotopic (exact) mass is 347 g/mol. The molecule has 2 atom stereocenters. The number of aromatic nitrogens is 1. The Hall–Kier alpha value is -0.850. The highest BCUT2D eigenvalue weighted by molar-refractivity contribution is 7.09.